The molecule has 0 aliphatic heterocycles. The van der Waals surface area contributed by atoms with Crippen molar-refractivity contribution >= 4 is 21.7 Å². The summed E-state index contributed by atoms with van der Waals surface area (Å²) < 4.78 is 30.4. The normalized spacial score (nSPS) is 11.0. The van der Waals surface area contributed by atoms with Gasteiger partial charge in [-0.15, -0.1) is 0 Å². The number of carbonyl (C=O) groups is 1. The number of hydrogen-bond donors (Lipinski definition) is 4. The second kappa shape index (κ2) is 9.13. The third-order valence-electron chi connectivity index (χ3n) is 2.06. The second-order valence-electron chi connectivity index (χ2n) is 3.39. The van der Waals surface area contributed by atoms with Crippen LogP contribution < -0.4 is 68.2 Å². The molecule has 0 spiro atoms. The van der Waals surface area contributed by atoms with E-state index >= 15 is 0 Å². The summed E-state index contributed by atoms with van der Waals surface area (Å²) in [5, 5.41) is 11.2. The van der Waals surface area contributed by atoms with Gasteiger partial charge in [-0.2, -0.15) is 13.7 Å². The van der Waals surface area contributed by atoms with E-state index in [1.54, 1.807) is 0 Å². The van der Waals surface area contributed by atoms with Crippen LogP contribution in [-0.4, -0.2) is 24.4 Å². The minimum absolute atomic E-state index is 0. The molecule has 0 bridgehead atoms. The average molecular weight is 340 g/mol. The minimum atomic E-state index is -4.28. The summed E-state index contributed by atoms with van der Waals surface area (Å²) in [4.78, 5) is 10.6. The molecule has 1 aromatic rings. The van der Waals surface area contributed by atoms with Crippen molar-refractivity contribution in [2.75, 3.05) is 5.32 Å². The molecule has 0 fully saturated rings. The predicted molar refractivity (Wildman–Crippen MR) is 70.6 cm³/mol. The summed E-state index contributed by atoms with van der Waals surface area (Å²) in [6.07, 6.45) is 0. The number of rotatable bonds is 4. The zero-order chi connectivity index (χ0) is 14.6. The van der Waals surface area contributed by atoms with Crippen molar-refractivity contribution in [2.45, 2.75) is 4.90 Å². The Morgan fingerprint density at radius 3 is 2.10 bits per heavy atom. The molecule has 9 nitrogen and oxygen atoms in total. The molecule has 1 aromatic carbocycles. The van der Waals surface area contributed by atoms with E-state index in [4.69, 9.17) is 21.3 Å². The van der Waals surface area contributed by atoms with Crippen molar-refractivity contribution in [1.82, 2.24) is 0 Å². The molecular weight excluding hydrogens is 327 g/mol. The van der Waals surface area contributed by atoms with E-state index in [1.165, 1.54) is 18.2 Å². The second-order valence-corrected chi connectivity index (χ2v) is 4.81. The molecule has 1 amide bonds. The van der Waals surface area contributed by atoms with Gasteiger partial charge in [-0.25, -0.2) is 0 Å². The van der Waals surface area contributed by atoms with Gasteiger partial charge in [-0.05, 0) is 24.3 Å². The molecule has 0 heterocycles. The largest absolute Gasteiger partial charge is 1.00 e. The van der Waals surface area contributed by atoms with Gasteiger partial charge in [0, 0.05) is 5.69 Å². The van der Waals surface area contributed by atoms with Crippen LogP contribution in [0, 0.1) is 11.3 Å². The number of nitrogens with zero attached hydrogens (tertiary/aromatic N) is 1. The van der Waals surface area contributed by atoms with Crippen molar-refractivity contribution < 1.29 is 76.1 Å². The first-order valence-electron chi connectivity index (χ1n) is 4.80. The maximum atomic E-state index is 10.9. The van der Waals surface area contributed by atoms with E-state index < -0.39 is 21.6 Å². The maximum Gasteiger partial charge on any atom is 1.00 e. The van der Waals surface area contributed by atoms with E-state index in [9.17, 15) is 13.2 Å². The average Bonchev–Trinajstić information content (AvgIpc) is 2.28. The third kappa shape index (κ3) is 6.55. The fraction of sp³-hybridized carbons (Fsp3) is 0. The predicted octanol–water partition coefficient (Wildman–Crippen LogP) is -4.18. The van der Waals surface area contributed by atoms with Gasteiger partial charge >= 0.3 is 51.4 Å². The van der Waals surface area contributed by atoms with Gasteiger partial charge in [-0.1, -0.05) is 0 Å². The summed E-state index contributed by atoms with van der Waals surface area (Å²) in [6, 6.07) is 6.39. The van der Waals surface area contributed by atoms with E-state index in [0.29, 0.717) is 5.69 Å². The molecular formula is C10H13KN4O5S. The van der Waals surface area contributed by atoms with Gasteiger partial charge in [0.05, 0.1) is 4.90 Å². The molecule has 0 saturated carbocycles. The van der Waals surface area contributed by atoms with Crippen LogP contribution in [0.2, 0.25) is 0 Å². The van der Waals surface area contributed by atoms with E-state index in [2.05, 4.69) is 5.32 Å². The zero-order valence-electron chi connectivity index (χ0n) is 12.0. The van der Waals surface area contributed by atoms with Gasteiger partial charge < -0.3 is 23.7 Å². The van der Waals surface area contributed by atoms with Crippen LogP contribution >= 0.6 is 0 Å². The molecule has 0 aliphatic carbocycles. The topological polar surface area (TPSA) is 191 Å². The molecule has 8 N–H and O–H groups in total. The molecule has 0 atom stereocenters. The van der Waals surface area contributed by atoms with Crippen molar-refractivity contribution in [3.8, 4) is 6.07 Å². The standard InChI is InChI=1S/C10H10N4O4S.K.H2O.H/c11-5-8(10(13)15)9(12)14-6-1-3-7(4-2-6)19(16,17)18;;;/h1-4,14H,12H2,(H2,13,15)(H,16,17,18);;1H2;/q;+1;;-1. The smallest absolute Gasteiger partial charge is 1.00 e. The SMILES string of the molecule is N#CC(C(N)=O)=C(N)Nc1ccc(S(=O)(=O)O)cc1.O.[H-].[K+]. The van der Waals surface area contributed by atoms with Crippen LogP contribution in [0.25, 0.3) is 0 Å². The number of amides is 1. The Hall–Kier alpha value is -0.974. The summed E-state index contributed by atoms with van der Waals surface area (Å²) in [6.45, 7) is 0. The number of hydrogen-bond acceptors (Lipinski definition) is 6. The Kier molecular flexibility index (Phi) is 9.70. The van der Waals surface area contributed by atoms with Crippen LogP contribution in [0.1, 0.15) is 1.43 Å². The number of carbonyl (C=O) groups excluding carboxylic acids is 1. The number of anilines is 1. The van der Waals surface area contributed by atoms with Gasteiger partial charge in [0.15, 0.2) is 5.57 Å². The Morgan fingerprint density at radius 1 is 1.29 bits per heavy atom. The molecule has 0 saturated heterocycles. The molecule has 11 heteroatoms. The summed E-state index contributed by atoms with van der Waals surface area (Å²) in [5.74, 6) is -1.24. The van der Waals surface area contributed by atoms with E-state index in [1.807, 2.05) is 0 Å². The molecule has 110 valence electrons. The monoisotopic (exact) mass is 340 g/mol. The van der Waals surface area contributed by atoms with Crippen molar-refractivity contribution in [3.05, 3.63) is 35.7 Å². The first-order valence-corrected chi connectivity index (χ1v) is 6.24. The summed E-state index contributed by atoms with van der Waals surface area (Å²) >= 11 is 0. The van der Waals surface area contributed by atoms with Crippen molar-refractivity contribution in [1.29, 1.82) is 5.26 Å². The first kappa shape index (κ1) is 22.3. The summed E-state index contributed by atoms with van der Waals surface area (Å²) in [7, 11) is -4.28. The molecule has 1 rings (SSSR count). The van der Waals surface area contributed by atoms with Gasteiger partial charge in [0.2, 0.25) is 0 Å². The number of nitriles is 1. The van der Waals surface area contributed by atoms with Crippen LogP contribution in [0.4, 0.5) is 5.69 Å². The number of nitrogens with two attached hydrogens (primary N) is 2. The van der Waals surface area contributed by atoms with Crippen LogP contribution in [0.5, 0.6) is 0 Å². The van der Waals surface area contributed by atoms with Gasteiger partial charge in [0.25, 0.3) is 16.0 Å². The molecule has 0 radical (unpaired) electrons. The van der Waals surface area contributed by atoms with Crippen LogP contribution in [-0.2, 0) is 14.9 Å². The number of nitrogens with one attached hydrogen (secondary N) is 1. The van der Waals surface area contributed by atoms with Crippen molar-refractivity contribution in [2.24, 2.45) is 11.5 Å². The Balaban J connectivity index is -0.00000120. The van der Waals surface area contributed by atoms with E-state index in [-0.39, 0.29) is 69.0 Å². The number of benzene rings is 1. The molecule has 0 aliphatic rings. The maximum absolute atomic E-state index is 10.9. The Morgan fingerprint density at radius 2 is 1.76 bits per heavy atom. The molecule has 0 unspecified atom stereocenters. The van der Waals surface area contributed by atoms with Crippen LogP contribution in [0.15, 0.2) is 40.6 Å². The van der Waals surface area contributed by atoms with Crippen LogP contribution in [0.3, 0.4) is 0 Å². The fourth-order valence-corrected chi connectivity index (χ4v) is 1.66. The quantitative estimate of drug-likeness (QED) is 0.185. The number of primary amides is 1. The Labute approximate surface area is 165 Å². The third-order valence-corrected chi connectivity index (χ3v) is 2.93. The Bertz CT molecular complexity index is 684. The minimum Gasteiger partial charge on any atom is -1.00 e. The van der Waals surface area contributed by atoms with Gasteiger partial charge in [-0.3, -0.25) is 9.35 Å². The molecule has 21 heavy (non-hydrogen) atoms. The first-order chi connectivity index (χ1) is 8.75. The fourth-order valence-electron chi connectivity index (χ4n) is 1.18. The molecule has 0 aromatic heterocycles. The van der Waals surface area contributed by atoms with E-state index in [0.717, 1.165) is 12.1 Å². The summed E-state index contributed by atoms with van der Waals surface area (Å²) in [5.41, 5.74) is 10.3. The van der Waals surface area contributed by atoms with Crippen molar-refractivity contribution in [3.63, 3.8) is 0 Å². The zero-order valence-corrected chi connectivity index (χ0v) is 14.9. The van der Waals surface area contributed by atoms with Gasteiger partial charge in [0.1, 0.15) is 11.9 Å².